The predicted molar refractivity (Wildman–Crippen MR) is 76.8 cm³/mol. The van der Waals surface area contributed by atoms with E-state index in [4.69, 9.17) is 5.73 Å². The summed E-state index contributed by atoms with van der Waals surface area (Å²) in [7, 11) is 1.83. The maximum Gasteiger partial charge on any atom is 0.337 e. The summed E-state index contributed by atoms with van der Waals surface area (Å²) in [6.07, 6.45) is 0. The zero-order valence-corrected chi connectivity index (χ0v) is 11.6. The highest BCUT2D eigenvalue weighted by atomic mass is 32.1. The summed E-state index contributed by atoms with van der Waals surface area (Å²) in [5.41, 5.74) is 8.03. The van der Waals surface area contributed by atoms with Crippen LogP contribution in [0.2, 0.25) is 0 Å². The second kappa shape index (κ2) is 5.27. The normalized spacial score (nSPS) is 10.4. The third-order valence-electron chi connectivity index (χ3n) is 2.73. The lowest BCUT2D eigenvalue weighted by molar-refractivity contribution is 0.0697. The number of carbonyl (C=O) groups is 1. The van der Waals surface area contributed by atoms with Gasteiger partial charge in [-0.05, 0) is 25.1 Å². The molecule has 0 aliphatic rings. The number of aromatic nitrogens is 1. The first-order chi connectivity index (χ1) is 8.97. The maximum absolute atomic E-state index is 11.2. The lowest BCUT2D eigenvalue weighted by Gasteiger charge is -2.20. The lowest BCUT2D eigenvalue weighted by atomic mass is 10.1. The molecule has 0 spiro atoms. The molecule has 0 unspecified atom stereocenters. The fourth-order valence-electron chi connectivity index (χ4n) is 1.85. The van der Waals surface area contributed by atoms with E-state index in [9.17, 15) is 9.90 Å². The van der Waals surface area contributed by atoms with Crippen molar-refractivity contribution in [2.75, 3.05) is 17.7 Å². The molecule has 2 rings (SSSR count). The van der Waals surface area contributed by atoms with Crippen molar-refractivity contribution in [2.24, 2.45) is 0 Å². The third kappa shape index (κ3) is 3.03. The molecule has 0 aliphatic heterocycles. The van der Waals surface area contributed by atoms with Gasteiger partial charge >= 0.3 is 5.97 Å². The van der Waals surface area contributed by atoms with Gasteiger partial charge in [0.15, 0.2) is 0 Å². The average Bonchev–Trinajstić information content (AvgIpc) is 2.74. The van der Waals surface area contributed by atoms with Crippen molar-refractivity contribution in [3.05, 3.63) is 39.8 Å². The van der Waals surface area contributed by atoms with Gasteiger partial charge in [-0.3, -0.25) is 0 Å². The molecular weight excluding hydrogens is 262 g/mol. The van der Waals surface area contributed by atoms with Crippen LogP contribution in [0.5, 0.6) is 0 Å². The van der Waals surface area contributed by atoms with E-state index in [0.717, 1.165) is 10.7 Å². The molecule has 100 valence electrons. The van der Waals surface area contributed by atoms with E-state index in [-0.39, 0.29) is 5.56 Å². The molecular formula is C13H15N3O2S. The van der Waals surface area contributed by atoms with Crippen LogP contribution < -0.4 is 10.6 Å². The van der Waals surface area contributed by atoms with E-state index in [1.165, 1.54) is 6.07 Å². The number of nitrogen functional groups attached to an aromatic ring is 1. The minimum absolute atomic E-state index is 0.239. The van der Waals surface area contributed by atoms with Crippen molar-refractivity contribution in [1.29, 1.82) is 0 Å². The summed E-state index contributed by atoms with van der Waals surface area (Å²) < 4.78 is 0. The molecule has 1 heterocycles. The van der Waals surface area contributed by atoms with E-state index in [2.05, 4.69) is 4.98 Å². The smallest absolute Gasteiger partial charge is 0.337 e. The van der Waals surface area contributed by atoms with Crippen molar-refractivity contribution in [3.8, 4) is 0 Å². The third-order valence-corrected chi connectivity index (χ3v) is 3.55. The summed E-state index contributed by atoms with van der Waals surface area (Å²) in [6, 6.07) is 4.78. The van der Waals surface area contributed by atoms with Crippen molar-refractivity contribution in [2.45, 2.75) is 13.5 Å². The molecule has 0 saturated carbocycles. The Bertz CT molecular complexity index is 610. The Morgan fingerprint density at radius 1 is 1.53 bits per heavy atom. The number of hydrogen-bond donors (Lipinski definition) is 2. The van der Waals surface area contributed by atoms with Crippen molar-refractivity contribution < 1.29 is 9.90 Å². The van der Waals surface area contributed by atoms with Crippen LogP contribution in [0.25, 0.3) is 0 Å². The van der Waals surface area contributed by atoms with Crippen molar-refractivity contribution in [1.82, 2.24) is 4.98 Å². The van der Waals surface area contributed by atoms with E-state index in [0.29, 0.717) is 17.9 Å². The van der Waals surface area contributed by atoms with E-state index < -0.39 is 5.97 Å². The van der Waals surface area contributed by atoms with Gasteiger partial charge in [-0.2, -0.15) is 0 Å². The second-order valence-electron chi connectivity index (χ2n) is 4.30. The van der Waals surface area contributed by atoms with Gasteiger partial charge in [-0.25, -0.2) is 9.78 Å². The topological polar surface area (TPSA) is 79.5 Å². The summed E-state index contributed by atoms with van der Waals surface area (Å²) in [5, 5.41) is 12.2. The largest absolute Gasteiger partial charge is 0.478 e. The maximum atomic E-state index is 11.2. The van der Waals surface area contributed by atoms with Crippen LogP contribution in [-0.2, 0) is 6.54 Å². The number of nitrogens with two attached hydrogens (primary N) is 1. The van der Waals surface area contributed by atoms with Crippen LogP contribution in [0, 0.1) is 6.92 Å². The molecule has 0 fully saturated rings. The van der Waals surface area contributed by atoms with Crippen LogP contribution >= 0.6 is 11.3 Å². The molecule has 0 aliphatic carbocycles. The molecule has 0 atom stereocenters. The number of rotatable bonds is 4. The van der Waals surface area contributed by atoms with Gasteiger partial charge in [0, 0.05) is 18.1 Å². The molecule has 0 bridgehead atoms. The highest BCUT2D eigenvalue weighted by Gasteiger charge is 2.14. The molecule has 6 heteroatoms. The first-order valence-electron chi connectivity index (χ1n) is 5.72. The molecule has 5 nitrogen and oxygen atoms in total. The highest BCUT2D eigenvalue weighted by Crippen LogP contribution is 2.24. The van der Waals surface area contributed by atoms with Crippen LogP contribution in [0.1, 0.15) is 21.1 Å². The molecule has 1 aromatic heterocycles. The lowest BCUT2D eigenvalue weighted by Crippen LogP contribution is -2.20. The summed E-state index contributed by atoms with van der Waals surface area (Å²) >= 11 is 1.58. The Labute approximate surface area is 115 Å². The molecule has 0 radical (unpaired) electrons. The SMILES string of the molecule is Cc1nc(CN(C)c2cc(N)ccc2C(=O)O)cs1. The first kappa shape index (κ1) is 13.4. The Kier molecular flexibility index (Phi) is 3.71. The first-order valence-corrected chi connectivity index (χ1v) is 6.60. The minimum Gasteiger partial charge on any atom is -0.478 e. The second-order valence-corrected chi connectivity index (χ2v) is 5.36. The summed E-state index contributed by atoms with van der Waals surface area (Å²) in [4.78, 5) is 17.4. The number of aromatic carboxylic acids is 1. The molecule has 1 aromatic carbocycles. The van der Waals surface area contributed by atoms with Gasteiger partial charge in [0.1, 0.15) is 0 Å². The monoisotopic (exact) mass is 277 g/mol. The van der Waals surface area contributed by atoms with Crippen LogP contribution in [0.4, 0.5) is 11.4 Å². The van der Waals surface area contributed by atoms with E-state index in [1.807, 2.05) is 24.3 Å². The Morgan fingerprint density at radius 3 is 2.84 bits per heavy atom. The van der Waals surface area contributed by atoms with Gasteiger partial charge in [-0.1, -0.05) is 0 Å². The van der Waals surface area contributed by atoms with Crippen molar-refractivity contribution in [3.63, 3.8) is 0 Å². The number of benzene rings is 1. The van der Waals surface area contributed by atoms with Crippen molar-refractivity contribution >= 4 is 28.7 Å². The van der Waals surface area contributed by atoms with Crippen LogP contribution in [-0.4, -0.2) is 23.1 Å². The van der Waals surface area contributed by atoms with Gasteiger partial charge < -0.3 is 15.7 Å². The fourth-order valence-corrected chi connectivity index (χ4v) is 2.46. The fraction of sp³-hybridized carbons (Fsp3) is 0.231. The highest BCUT2D eigenvalue weighted by molar-refractivity contribution is 7.09. The number of carboxylic acids is 1. The minimum atomic E-state index is -0.962. The standard InChI is InChI=1S/C13H15N3O2S/c1-8-15-10(7-19-8)6-16(2)12-5-9(14)3-4-11(12)13(17)18/h3-5,7H,6,14H2,1-2H3,(H,17,18). The average molecular weight is 277 g/mol. The summed E-state index contributed by atoms with van der Waals surface area (Å²) in [5.74, 6) is -0.962. The molecule has 3 N–H and O–H groups in total. The van der Waals surface area contributed by atoms with Crippen LogP contribution in [0.3, 0.4) is 0 Å². The van der Waals surface area contributed by atoms with Gasteiger partial charge in [0.05, 0.1) is 28.5 Å². The van der Waals surface area contributed by atoms with Gasteiger partial charge in [0.2, 0.25) is 0 Å². The number of nitrogens with zero attached hydrogens (tertiary/aromatic N) is 2. The molecule has 2 aromatic rings. The Hall–Kier alpha value is -2.08. The molecule has 0 amide bonds. The molecule has 0 saturated heterocycles. The van der Waals surface area contributed by atoms with Gasteiger partial charge in [0.25, 0.3) is 0 Å². The number of aryl methyl sites for hydroxylation is 1. The van der Waals surface area contributed by atoms with Gasteiger partial charge in [-0.15, -0.1) is 11.3 Å². The molecule has 19 heavy (non-hydrogen) atoms. The summed E-state index contributed by atoms with van der Waals surface area (Å²) in [6.45, 7) is 2.49. The zero-order valence-electron chi connectivity index (χ0n) is 10.8. The number of hydrogen-bond acceptors (Lipinski definition) is 5. The number of anilines is 2. The van der Waals surface area contributed by atoms with E-state index >= 15 is 0 Å². The number of carboxylic acid groups (broad SMARTS) is 1. The van der Waals surface area contributed by atoms with E-state index in [1.54, 1.807) is 23.5 Å². The zero-order chi connectivity index (χ0) is 14.0. The number of thiazole rings is 1. The Balaban J connectivity index is 2.29. The Morgan fingerprint density at radius 2 is 2.26 bits per heavy atom. The quantitative estimate of drug-likeness (QED) is 0.839. The van der Waals surface area contributed by atoms with Crippen LogP contribution in [0.15, 0.2) is 23.6 Å². The predicted octanol–water partition coefficient (Wildman–Crippen LogP) is 2.37.